The quantitative estimate of drug-likeness (QED) is 0.742. The van der Waals surface area contributed by atoms with Crippen molar-refractivity contribution in [2.24, 2.45) is 0 Å². The number of halogens is 3. The molecule has 0 aliphatic carbocycles. The van der Waals surface area contributed by atoms with E-state index in [4.69, 9.17) is 39.5 Å². The molecule has 0 radical (unpaired) electrons. The summed E-state index contributed by atoms with van der Waals surface area (Å²) in [6.45, 7) is 4.12. The monoisotopic (exact) mass is 307 g/mol. The Balaban J connectivity index is 1.79. The molecule has 1 aromatic carbocycles. The Bertz CT molecular complexity index is 382. The molecule has 0 aromatic heterocycles. The fourth-order valence-electron chi connectivity index (χ4n) is 2.14. The zero-order chi connectivity index (χ0) is 13.0. The van der Waals surface area contributed by atoms with Crippen molar-refractivity contribution in [3.8, 4) is 5.75 Å². The molecule has 1 aliphatic rings. The van der Waals surface area contributed by atoms with Gasteiger partial charge >= 0.3 is 0 Å². The van der Waals surface area contributed by atoms with Crippen LogP contribution >= 0.6 is 34.8 Å². The van der Waals surface area contributed by atoms with Crippen molar-refractivity contribution in [1.82, 2.24) is 4.90 Å². The lowest BCUT2D eigenvalue weighted by molar-refractivity contribution is 0.263. The van der Waals surface area contributed by atoms with Gasteiger partial charge in [0.2, 0.25) is 0 Å². The van der Waals surface area contributed by atoms with Crippen LogP contribution in [-0.4, -0.2) is 31.1 Å². The number of nitrogens with zero attached hydrogens (tertiary/aromatic N) is 1. The van der Waals surface area contributed by atoms with E-state index in [1.165, 1.54) is 25.9 Å². The van der Waals surface area contributed by atoms with Crippen LogP contribution in [0.5, 0.6) is 5.75 Å². The topological polar surface area (TPSA) is 12.5 Å². The molecule has 1 fully saturated rings. The maximum atomic E-state index is 6.04. The minimum Gasteiger partial charge on any atom is -0.490 e. The number of rotatable bonds is 5. The molecular weight excluding hydrogens is 293 g/mol. The molecular formula is C13H16Cl3NO. The zero-order valence-corrected chi connectivity index (χ0v) is 12.4. The molecule has 100 valence electrons. The molecule has 0 bridgehead atoms. The molecule has 1 aliphatic heterocycles. The second-order valence-corrected chi connectivity index (χ2v) is 5.70. The van der Waals surface area contributed by atoms with Gasteiger partial charge in [0.1, 0.15) is 0 Å². The van der Waals surface area contributed by atoms with Crippen molar-refractivity contribution in [1.29, 1.82) is 0 Å². The van der Waals surface area contributed by atoms with Crippen LogP contribution in [0.1, 0.15) is 19.3 Å². The minimum atomic E-state index is 0.466. The van der Waals surface area contributed by atoms with Crippen molar-refractivity contribution in [2.75, 3.05) is 26.2 Å². The van der Waals surface area contributed by atoms with Gasteiger partial charge in [-0.2, -0.15) is 0 Å². The Morgan fingerprint density at radius 1 is 1.06 bits per heavy atom. The molecule has 0 spiro atoms. The highest BCUT2D eigenvalue weighted by atomic mass is 35.5. The van der Waals surface area contributed by atoms with Gasteiger partial charge in [0.05, 0.1) is 16.7 Å². The fourth-order valence-corrected chi connectivity index (χ4v) is 3.06. The Hall–Kier alpha value is -0.150. The van der Waals surface area contributed by atoms with Crippen LogP contribution in [0.4, 0.5) is 0 Å². The predicted octanol–water partition coefficient (Wildman–Crippen LogP) is 4.51. The predicted molar refractivity (Wildman–Crippen MR) is 77.3 cm³/mol. The summed E-state index contributed by atoms with van der Waals surface area (Å²) in [5, 5.41) is 1.46. The summed E-state index contributed by atoms with van der Waals surface area (Å²) in [7, 11) is 0. The van der Waals surface area contributed by atoms with Crippen LogP contribution < -0.4 is 4.74 Å². The minimum absolute atomic E-state index is 0.466. The largest absolute Gasteiger partial charge is 0.490 e. The molecule has 2 nitrogen and oxygen atoms in total. The van der Waals surface area contributed by atoms with E-state index in [-0.39, 0.29) is 0 Å². The van der Waals surface area contributed by atoms with Crippen molar-refractivity contribution in [3.63, 3.8) is 0 Å². The first-order valence-corrected chi connectivity index (χ1v) is 7.30. The van der Waals surface area contributed by atoms with Crippen LogP contribution in [0.3, 0.4) is 0 Å². The number of likely N-dealkylation sites (tertiary alicyclic amines) is 1. The Labute approximate surface area is 123 Å². The molecule has 0 amide bonds. The summed E-state index contributed by atoms with van der Waals surface area (Å²) in [6.07, 6.45) is 3.61. The highest BCUT2D eigenvalue weighted by Gasteiger charge is 2.12. The van der Waals surface area contributed by atoms with E-state index in [0.717, 1.165) is 13.0 Å². The third kappa shape index (κ3) is 3.92. The Morgan fingerprint density at radius 2 is 1.67 bits per heavy atom. The average molecular weight is 309 g/mol. The molecule has 0 saturated carbocycles. The fraction of sp³-hybridized carbons (Fsp3) is 0.538. The lowest BCUT2D eigenvalue weighted by atomic mass is 10.3. The molecule has 0 N–H and O–H groups in total. The lowest BCUT2D eigenvalue weighted by Crippen LogP contribution is -2.21. The first-order chi connectivity index (χ1) is 8.66. The van der Waals surface area contributed by atoms with Gasteiger partial charge in [-0.15, -0.1) is 0 Å². The zero-order valence-electron chi connectivity index (χ0n) is 10.1. The molecule has 1 heterocycles. The van der Waals surface area contributed by atoms with Crippen molar-refractivity contribution in [2.45, 2.75) is 19.3 Å². The SMILES string of the molecule is Clc1cc(Cl)c(OCCCN2CCCC2)c(Cl)c1. The van der Waals surface area contributed by atoms with Crippen LogP contribution in [0.25, 0.3) is 0 Å². The summed E-state index contributed by atoms with van der Waals surface area (Å²) < 4.78 is 5.63. The van der Waals surface area contributed by atoms with Crippen molar-refractivity contribution < 1.29 is 4.74 Å². The average Bonchev–Trinajstić information content (AvgIpc) is 2.79. The second-order valence-electron chi connectivity index (χ2n) is 4.45. The number of ether oxygens (including phenoxy) is 1. The highest BCUT2D eigenvalue weighted by molar-refractivity contribution is 6.40. The molecule has 2 rings (SSSR count). The summed E-state index contributed by atoms with van der Waals surface area (Å²) >= 11 is 17.9. The third-order valence-corrected chi connectivity index (χ3v) is 3.81. The number of hydrogen-bond donors (Lipinski definition) is 0. The van der Waals surface area contributed by atoms with Crippen LogP contribution in [-0.2, 0) is 0 Å². The summed E-state index contributed by atoms with van der Waals surface area (Å²) in [5.41, 5.74) is 0. The molecule has 0 atom stereocenters. The van der Waals surface area contributed by atoms with E-state index in [2.05, 4.69) is 4.90 Å². The Kier molecular flexibility index (Phi) is 5.43. The molecule has 5 heteroatoms. The van der Waals surface area contributed by atoms with Gasteiger partial charge in [-0.3, -0.25) is 0 Å². The van der Waals surface area contributed by atoms with Gasteiger partial charge in [-0.1, -0.05) is 34.8 Å². The van der Waals surface area contributed by atoms with E-state index in [1.54, 1.807) is 12.1 Å². The number of benzene rings is 1. The van der Waals surface area contributed by atoms with Crippen molar-refractivity contribution in [3.05, 3.63) is 27.2 Å². The summed E-state index contributed by atoms with van der Waals surface area (Å²) in [6, 6.07) is 3.29. The van der Waals surface area contributed by atoms with E-state index < -0.39 is 0 Å². The molecule has 0 unspecified atom stereocenters. The van der Waals surface area contributed by atoms with Crippen LogP contribution in [0.15, 0.2) is 12.1 Å². The van der Waals surface area contributed by atoms with Gasteiger partial charge in [-0.05, 0) is 44.5 Å². The first kappa shape index (κ1) is 14.3. The highest BCUT2D eigenvalue weighted by Crippen LogP contribution is 2.35. The Morgan fingerprint density at radius 3 is 2.28 bits per heavy atom. The van der Waals surface area contributed by atoms with E-state index in [9.17, 15) is 0 Å². The van der Waals surface area contributed by atoms with E-state index >= 15 is 0 Å². The van der Waals surface area contributed by atoms with Gasteiger partial charge < -0.3 is 9.64 Å². The summed E-state index contributed by atoms with van der Waals surface area (Å²) in [4.78, 5) is 2.45. The van der Waals surface area contributed by atoms with Crippen molar-refractivity contribution >= 4 is 34.8 Å². The maximum Gasteiger partial charge on any atom is 0.156 e. The second kappa shape index (κ2) is 6.85. The maximum absolute atomic E-state index is 6.04. The standard InChI is InChI=1S/C13H16Cl3NO/c14-10-8-11(15)13(12(16)9-10)18-7-3-6-17-4-1-2-5-17/h8-9H,1-7H2. The van der Waals surface area contributed by atoms with E-state index in [1.807, 2.05) is 0 Å². The van der Waals surface area contributed by atoms with Crippen LogP contribution in [0.2, 0.25) is 15.1 Å². The number of hydrogen-bond acceptors (Lipinski definition) is 2. The smallest absolute Gasteiger partial charge is 0.156 e. The van der Waals surface area contributed by atoms with E-state index in [0.29, 0.717) is 27.4 Å². The van der Waals surface area contributed by atoms with Gasteiger partial charge in [-0.25, -0.2) is 0 Å². The first-order valence-electron chi connectivity index (χ1n) is 6.16. The molecule has 1 saturated heterocycles. The molecule has 18 heavy (non-hydrogen) atoms. The van der Waals surface area contributed by atoms with Gasteiger partial charge in [0.25, 0.3) is 0 Å². The normalized spacial score (nSPS) is 16.2. The molecule has 1 aromatic rings. The third-order valence-electron chi connectivity index (χ3n) is 3.03. The lowest BCUT2D eigenvalue weighted by Gasteiger charge is -2.15. The van der Waals surface area contributed by atoms with Gasteiger partial charge in [0, 0.05) is 11.6 Å². The van der Waals surface area contributed by atoms with Gasteiger partial charge in [0.15, 0.2) is 5.75 Å². The summed E-state index contributed by atoms with van der Waals surface area (Å²) in [5.74, 6) is 0.532. The van der Waals surface area contributed by atoms with Crippen LogP contribution in [0, 0.1) is 0 Å².